The van der Waals surface area contributed by atoms with Crippen LogP contribution in [0.25, 0.3) is 0 Å². The lowest BCUT2D eigenvalue weighted by molar-refractivity contribution is 0.0536. The van der Waals surface area contributed by atoms with Crippen LogP contribution in [0.5, 0.6) is 5.88 Å². The largest absolute Gasteiger partial charge is 0.475 e. The highest BCUT2D eigenvalue weighted by Crippen LogP contribution is 2.13. The number of aryl methyl sites for hydroxylation is 1. The quantitative estimate of drug-likeness (QED) is 0.634. The number of rotatable bonds is 11. The second-order valence-corrected chi connectivity index (χ2v) is 5.15. The highest BCUT2D eigenvalue weighted by Gasteiger charge is 2.04. The Morgan fingerprint density at radius 3 is 2.57 bits per heavy atom. The van der Waals surface area contributed by atoms with Crippen molar-refractivity contribution < 1.29 is 14.2 Å². The molecule has 0 fully saturated rings. The highest BCUT2D eigenvalue weighted by molar-refractivity contribution is 5.25. The van der Waals surface area contributed by atoms with Gasteiger partial charge in [0.25, 0.3) is 0 Å². The van der Waals surface area contributed by atoms with Crippen molar-refractivity contribution in [2.45, 2.75) is 39.8 Å². The summed E-state index contributed by atoms with van der Waals surface area (Å²) in [6.45, 7) is 9.43. The summed E-state index contributed by atoms with van der Waals surface area (Å²) in [5, 5.41) is 3.41. The van der Waals surface area contributed by atoms with Gasteiger partial charge >= 0.3 is 0 Å². The van der Waals surface area contributed by atoms with Gasteiger partial charge in [-0.05, 0) is 18.1 Å². The fourth-order valence-corrected chi connectivity index (χ4v) is 1.75. The fourth-order valence-electron chi connectivity index (χ4n) is 1.75. The van der Waals surface area contributed by atoms with E-state index in [4.69, 9.17) is 14.2 Å². The third-order valence-electron chi connectivity index (χ3n) is 2.90. The summed E-state index contributed by atoms with van der Waals surface area (Å²) in [6, 6.07) is 4.57. The number of nitrogens with zero attached hydrogens (tertiary/aromatic N) is 1. The molecule has 0 radical (unpaired) electrons. The second-order valence-electron chi connectivity index (χ2n) is 5.15. The standard InChI is InChI=1S/C16H28N2O3/c1-5-15-10-14(12-17-13(2)3)11-16(18-15)21-9-8-20-7-6-19-4/h10-11,13,17H,5-9,12H2,1-4H3. The van der Waals surface area contributed by atoms with Crippen LogP contribution < -0.4 is 10.1 Å². The maximum Gasteiger partial charge on any atom is 0.213 e. The Labute approximate surface area is 128 Å². The van der Waals surface area contributed by atoms with Crippen molar-refractivity contribution >= 4 is 0 Å². The molecule has 0 bridgehead atoms. The average Bonchev–Trinajstić information content (AvgIpc) is 2.48. The summed E-state index contributed by atoms with van der Waals surface area (Å²) in [7, 11) is 1.66. The van der Waals surface area contributed by atoms with Gasteiger partial charge in [0.2, 0.25) is 5.88 Å². The number of ether oxygens (including phenoxy) is 3. The molecule has 1 aromatic heterocycles. The van der Waals surface area contributed by atoms with E-state index in [1.807, 2.05) is 6.07 Å². The maximum absolute atomic E-state index is 5.67. The second kappa shape index (κ2) is 10.5. The highest BCUT2D eigenvalue weighted by atomic mass is 16.5. The van der Waals surface area contributed by atoms with E-state index >= 15 is 0 Å². The number of aromatic nitrogens is 1. The van der Waals surface area contributed by atoms with Gasteiger partial charge in [0, 0.05) is 31.5 Å². The van der Waals surface area contributed by atoms with Gasteiger partial charge in [-0.15, -0.1) is 0 Å². The molecule has 120 valence electrons. The monoisotopic (exact) mass is 296 g/mol. The molecule has 0 amide bonds. The molecule has 5 nitrogen and oxygen atoms in total. The van der Waals surface area contributed by atoms with Gasteiger partial charge in [-0.2, -0.15) is 0 Å². The summed E-state index contributed by atoms with van der Waals surface area (Å²) in [6.07, 6.45) is 0.899. The van der Waals surface area contributed by atoms with E-state index in [0.29, 0.717) is 38.3 Å². The van der Waals surface area contributed by atoms with E-state index in [9.17, 15) is 0 Å². The molecule has 1 heterocycles. The Bertz CT molecular complexity index is 397. The van der Waals surface area contributed by atoms with Crippen molar-refractivity contribution in [2.75, 3.05) is 33.5 Å². The third kappa shape index (κ3) is 7.99. The molecule has 0 saturated carbocycles. The third-order valence-corrected chi connectivity index (χ3v) is 2.90. The number of nitrogens with one attached hydrogen (secondary N) is 1. The van der Waals surface area contributed by atoms with Gasteiger partial charge < -0.3 is 19.5 Å². The molecular formula is C16H28N2O3. The minimum absolute atomic E-state index is 0.460. The molecule has 1 rings (SSSR count). The lowest BCUT2D eigenvalue weighted by atomic mass is 10.2. The molecule has 0 aliphatic heterocycles. The first-order valence-corrected chi connectivity index (χ1v) is 7.58. The maximum atomic E-state index is 5.67. The summed E-state index contributed by atoms with van der Waals surface area (Å²) in [4.78, 5) is 4.48. The lowest BCUT2D eigenvalue weighted by Gasteiger charge is -2.12. The zero-order valence-electron chi connectivity index (χ0n) is 13.6. The zero-order chi connectivity index (χ0) is 15.5. The van der Waals surface area contributed by atoms with Gasteiger partial charge in [0.15, 0.2) is 0 Å². The molecule has 0 atom stereocenters. The Morgan fingerprint density at radius 2 is 1.90 bits per heavy atom. The molecule has 0 aliphatic carbocycles. The normalized spacial score (nSPS) is 11.1. The van der Waals surface area contributed by atoms with Crippen LogP contribution in [0.2, 0.25) is 0 Å². The first kappa shape index (κ1) is 17.9. The van der Waals surface area contributed by atoms with Crippen LogP contribution in [-0.2, 0) is 22.4 Å². The summed E-state index contributed by atoms with van der Waals surface area (Å²) in [5.41, 5.74) is 2.25. The number of hydrogen-bond donors (Lipinski definition) is 1. The molecule has 0 aliphatic rings. The first-order chi connectivity index (χ1) is 10.2. The van der Waals surface area contributed by atoms with Crippen molar-refractivity contribution in [1.29, 1.82) is 0 Å². The van der Waals surface area contributed by atoms with Gasteiger partial charge in [0.05, 0.1) is 19.8 Å². The van der Waals surface area contributed by atoms with Gasteiger partial charge in [-0.25, -0.2) is 4.98 Å². The molecule has 1 aromatic rings. The van der Waals surface area contributed by atoms with Crippen LogP contribution >= 0.6 is 0 Å². The van der Waals surface area contributed by atoms with Gasteiger partial charge in [0.1, 0.15) is 6.61 Å². The Balaban J connectivity index is 2.46. The predicted molar refractivity (Wildman–Crippen MR) is 83.8 cm³/mol. The van der Waals surface area contributed by atoms with Crippen molar-refractivity contribution in [3.63, 3.8) is 0 Å². The average molecular weight is 296 g/mol. The van der Waals surface area contributed by atoms with Crippen molar-refractivity contribution in [3.8, 4) is 5.88 Å². The summed E-state index contributed by atoms with van der Waals surface area (Å²) >= 11 is 0. The van der Waals surface area contributed by atoms with Gasteiger partial charge in [-0.3, -0.25) is 0 Å². The molecule has 21 heavy (non-hydrogen) atoms. The molecule has 0 spiro atoms. The zero-order valence-corrected chi connectivity index (χ0v) is 13.6. The van der Waals surface area contributed by atoms with Crippen LogP contribution in [0.1, 0.15) is 32.0 Å². The molecule has 0 aromatic carbocycles. The number of methoxy groups -OCH3 is 1. The molecule has 5 heteroatoms. The van der Waals surface area contributed by atoms with E-state index < -0.39 is 0 Å². The molecular weight excluding hydrogens is 268 g/mol. The predicted octanol–water partition coefficient (Wildman–Crippen LogP) is 2.18. The molecule has 1 N–H and O–H groups in total. The van der Waals surface area contributed by atoms with E-state index in [2.05, 4.69) is 37.1 Å². The Kier molecular flexibility index (Phi) is 8.98. The van der Waals surface area contributed by atoms with E-state index in [1.165, 1.54) is 5.56 Å². The van der Waals surface area contributed by atoms with E-state index in [1.54, 1.807) is 7.11 Å². The molecule has 0 unspecified atom stereocenters. The summed E-state index contributed by atoms with van der Waals surface area (Å²) < 4.78 is 16.0. The minimum Gasteiger partial charge on any atom is -0.475 e. The van der Waals surface area contributed by atoms with Crippen LogP contribution in [0.15, 0.2) is 12.1 Å². The topological polar surface area (TPSA) is 52.6 Å². The van der Waals surface area contributed by atoms with Gasteiger partial charge in [-0.1, -0.05) is 20.8 Å². The van der Waals surface area contributed by atoms with E-state index in [-0.39, 0.29) is 0 Å². The number of hydrogen-bond acceptors (Lipinski definition) is 5. The summed E-state index contributed by atoms with van der Waals surface area (Å²) in [5.74, 6) is 0.672. The van der Waals surface area contributed by atoms with Crippen LogP contribution in [0.3, 0.4) is 0 Å². The van der Waals surface area contributed by atoms with Crippen LogP contribution in [-0.4, -0.2) is 44.6 Å². The fraction of sp³-hybridized carbons (Fsp3) is 0.688. The first-order valence-electron chi connectivity index (χ1n) is 7.58. The van der Waals surface area contributed by atoms with Crippen LogP contribution in [0.4, 0.5) is 0 Å². The Hall–Kier alpha value is -1.17. The minimum atomic E-state index is 0.460. The van der Waals surface area contributed by atoms with Crippen molar-refractivity contribution in [3.05, 3.63) is 23.4 Å². The molecule has 0 saturated heterocycles. The Morgan fingerprint density at radius 1 is 1.14 bits per heavy atom. The smallest absolute Gasteiger partial charge is 0.213 e. The SMILES string of the molecule is CCc1cc(CNC(C)C)cc(OCCOCCOC)n1. The van der Waals surface area contributed by atoms with Crippen LogP contribution in [0, 0.1) is 0 Å². The number of pyridine rings is 1. The van der Waals surface area contributed by atoms with Crippen molar-refractivity contribution in [2.24, 2.45) is 0 Å². The van der Waals surface area contributed by atoms with E-state index in [0.717, 1.165) is 18.7 Å². The van der Waals surface area contributed by atoms with Crippen molar-refractivity contribution in [1.82, 2.24) is 10.3 Å². The lowest BCUT2D eigenvalue weighted by Crippen LogP contribution is -2.22.